The smallest absolute Gasteiger partial charge is 0.264 e. The normalized spacial score (nSPS) is 17.4. The van der Waals surface area contributed by atoms with Crippen LogP contribution in [0.5, 0.6) is 0 Å². The molecule has 3 aromatic carbocycles. The van der Waals surface area contributed by atoms with Gasteiger partial charge in [0.25, 0.3) is 5.91 Å². The maximum absolute atomic E-state index is 13.6. The molecule has 0 fully saturated rings. The highest BCUT2D eigenvalue weighted by Gasteiger charge is 2.51. The molecule has 0 bridgehead atoms. The van der Waals surface area contributed by atoms with Crippen molar-refractivity contribution in [2.24, 2.45) is 0 Å². The summed E-state index contributed by atoms with van der Waals surface area (Å²) in [4.78, 5) is 28.7. The molecule has 0 saturated carbocycles. The Hall–Kier alpha value is -2.95. The van der Waals surface area contributed by atoms with Crippen LogP contribution in [0.3, 0.4) is 0 Å². The number of rotatable bonds is 5. The van der Waals surface area contributed by atoms with Crippen molar-refractivity contribution in [2.45, 2.75) is 53.2 Å². The Balaban J connectivity index is 1.75. The van der Waals surface area contributed by atoms with Crippen LogP contribution in [0, 0.1) is 34.6 Å². The summed E-state index contributed by atoms with van der Waals surface area (Å²) in [6.45, 7) is 10.0. The zero-order valence-corrected chi connectivity index (χ0v) is 20.4. The molecule has 170 valence electrons. The molecule has 4 rings (SSSR count). The fourth-order valence-electron chi connectivity index (χ4n) is 4.68. The molecule has 5 heteroatoms. The van der Waals surface area contributed by atoms with E-state index in [1.807, 2.05) is 58.9 Å². The van der Waals surface area contributed by atoms with Crippen LogP contribution in [-0.2, 0) is 16.9 Å². The number of hydrogen-bond acceptors (Lipinski definition) is 3. The molecule has 4 nitrogen and oxygen atoms in total. The SMILES string of the molecule is Cc1ccc(CN2C(=O)[C@@](O)(CC(=O)c3c(C)c(C)cc(C)c3C)c3cc(Cl)ccc32)cc1. The molecule has 0 radical (unpaired) electrons. The highest BCUT2D eigenvalue weighted by molar-refractivity contribution is 6.31. The monoisotopic (exact) mass is 461 g/mol. The predicted molar refractivity (Wildman–Crippen MR) is 132 cm³/mol. The summed E-state index contributed by atoms with van der Waals surface area (Å²) >= 11 is 6.24. The van der Waals surface area contributed by atoms with Crippen molar-refractivity contribution in [2.75, 3.05) is 4.90 Å². The van der Waals surface area contributed by atoms with Crippen LogP contribution in [0.15, 0.2) is 48.5 Å². The van der Waals surface area contributed by atoms with E-state index in [4.69, 9.17) is 11.6 Å². The highest BCUT2D eigenvalue weighted by Crippen LogP contribution is 2.45. The number of ketones is 1. The summed E-state index contributed by atoms with van der Waals surface area (Å²) in [6.07, 6.45) is -0.339. The third kappa shape index (κ3) is 3.98. The first-order valence-electron chi connectivity index (χ1n) is 11.0. The van der Waals surface area contributed by atoms with Gasteiger partial charge < -0.3 is 10.0 Å². The number of amides is 1. The topological polar surface area (TPSA) is 57.6 Å². The average molecular weight is 462 g/mol. The van der Waals surface area contributed by atoms with Gasteiger partial charge in [-0.3, -0.25) is 9.59 Å². The first kappa shape index (κ1) is 23.2. The van der Waals surface area contributed by atoms with Crippen molar-refractivity contribution >= 4 is 29.0 Å². The van der Waals surface area contributed by atoms with E-state index in [-0.39, 0.29) is 12.2 Å². The third-order valence-electron chi connectivity index (χ3n) is 6.82. The van der Waals surface area contributed by atoms with Crippen molar-refractivity contribution in [3.8, 4) is 0 Å². The molecule has 0 spiro atoms. The van der Waals surface area contributed by atoms with E-state index in [2.05, 4.69) is 6.07 Å². The minimum atomic E-state index is -1.97. The number of anilines is 1. The number of Topliss-reactive ketones (excluding diaryl/α,β-unsaturated/α-hetero) is 1. The number of nitrogens with zero attached hydrogens (tertiary/aromatic N) is 1. The molecule has 0 aliphatic carbocycles. The number of aryl methyl sites for hydroxylation is 3. The molecule has 1 N–H and O–H groups in total. The van der Waals surface area contributed by atoms with Gasteiger partial charge in [0.05, 0.1) is 18.7 Å². The summed E-state index contributed by atoms with van der Waals surface area (Å²) in [5.74, 6) is -0.760. The van der Waals surface area contributed by atoms with Gasteiger partial charge in [-0.2, -0.15) is 0 Å². The van der Waals surface area contributed by atoms with Gasteiger partial charge >= 0.3 is 0 Å². The number of benzene rings is 3. The second-order valence-electron chi connectivity index (χ2n) is 9.13. The lowest BCUT2D eigenvalue weighted by molar-refractivity contribution is -0.136. The number of halogens is 1. The summed E-state index contributed by atoms with van der Waals surface area (Å²) in [7, 11) is 0. The number of fused-ring (bicyclic) bond motifs is 1. The first-order valence-corrected chi connectivity index (χ1v) is 11.4. The highest BCUT2D eigenvalue weighted by atomic mass is 35.5. The van der Waals surface area contributed by atoms with Crippen molar-refractivity contribution < 1.29 is 14.7 Å². The third-order valence-corrected chi connectivity index (χ3v) is 7.05. The maximum Gasteiger partial charge on any atom is 0.264 e. The van der Waals surface area contributed by atoms with Crippen molar-refractivity contribution in [3.63, 3.8) is 0 Å². The molecule has 0 saturated heterocycles. The van der Waals surface area contributed by atoms with Crippen LogP contribution in [0.25, 0.3) is 0 Å². The van der Waals surface area contributed by atoms with E-state index >= 15 is 0 Å². The van der Waals surface area contributed by atoms with E-state index in [1.54, 1.807) is 23.1 Å². The van der Waals surface area contributed by atoms with Crippen molar-refractivity contribution in [3.05, 3.63) is 98.1 Å². The second-order valence-corrected chi connectivity index (χ2v) is 9.57. The van der Waals surface area contributed by atoms with E-state index in [9.17, 15) is 14.7 Å². The number of aliphatic hydroxyl groups is 1. The molecule has 1 amide bonds. The first-order chi connectivity index (χ1) is 15.5. The molecule has 0 aromatic heterocycles. The largest absolute Gasteiger partial charge is 0.375 e. The van der Waals surface area contributed by atoms with E-state index in [1.165, 1.54) is 0 Å². The van der Waals surface area contributed by atoms with E-state index in [0.29, 0.717) is 28.4 Å². The van der Waals surface area contributed by atoms with Crippen LogP contribution < -0.4 is 4.90 Å². The van der Waals surface area contributed by atoms with Crippen LogP contribution in [0.2, 0.25) is 5.02 Å². The molecule has 3 aromatic rings. The quantitative estimate of drug-likeness (QED) is 0.482. The number of carbonyl (C=O) groups is 2. The molecule has 1 atom stereocenters. The molecule has 33 heavy (non-hydrogen) atoms. The van der Waals surface area contributed by atoms with Gasteiger partial charge in [-0.1, -0.05) is 47.5 Å². The summed E-state index contributed by atoms with van der Waals surface area (Å²) in [6, 6.07) is 15.0. The fourth-order valence-corrected chi connectivity index (χ4v) is 4.85. The molecular weight excluding hydrogens is 434 g/mol. The number of carbonyl (C=O) groups excluding carboxylic acids is 2. The maximum atomic E-state index is 13.6. The van der Waals surface area contributed by atoms with Crippen LogP contribution in [0.4, 0.5) is 5.69 Å². The van der Waals surface area contributed by atoms with Gasteiger partial charge in [0, 0.05) is 16.1 Å². The predicted octanol–water partition coefficient (Wildman–Crippen LogP) is 5.89. The Morgan fingerprint density at radius 3 is 2.15 bits per heavy atom. The van der Waals surface area contributed by atoms with Gasteiger partial charge in [0.2, 0.25) is 0 Å². The minimum absolute atomic E-state index is 0.254. The second kappa shape index (κ2) is 8.44. The van der Waals surface area contributed by atoms with E-state index in [0.717, 1.165) is 33.4 Å². The minimum Gasteiger partial charge on any atom is -0.375 e. The van der Waals surface area contributed by atoms with Crippen LogP contribution in [0.1, 0.15) is 55.7 Å². The summed E-state index contributed by atoms with van der Waals surface area (Å²) in [5, 5.41) is 12.1. The standard InChI is InChI=1S/C28H28ClNO3/c1-16-6-8-21(9-7-16)15-30-24-11-10-22(29)13-23(24)28(33,27(30)32)14-25(31)26-19(4)17(2)12-18(3)20(26)5/h6-13,33H,14-15H2,1-5H3/t28-/m1/s1. The van der Waals surface area contributed by atoms with Crippen molar-refractivity contribution in [1.29, 1.82) is 0 Å². The van der Waals surface area contributed by atoms with Gasteiger partial charge in [-0.05, 0) is 80.6 Å². The molecule has 0 unspecified atom stereocenters. The van der Waals surface area contributed by atoms with Crippen LogP contribution >= 0.6 is 11.6 Å². The lowest BCUT2D eigenvalue weighted by atomic mass is 9.84. The Bertz CT molecular complexity index is 1250. The Kier molecular flexibility index (Phi) is 5.94. The molecule has 1 aliphatic heterocycles. The van der Waals surface area contributed by atoms with Crippen molar-refractivity contribution in [1.82, 2.24) is 0 Å². The lowest BCUT2D eigenvalue weighted by Gasteiger charge is -2.24. The zero-order valence-electron chi connectivity index (χ0n) is 19.6. The zero-order chi connectivity index (χ0) is 24.1. The molecule has 1 heterocycles. The Labute approximate surface area is 199 Å². The van der Waals surface area contributed by atoms with Crippen LogP contribution in [-0.4, -0.2) is 16.8 Å². The Morgan fingerprint density at radius 2 is 1.55 bits per heavy atom. The van der Waals surface area contributed by atoms with Gasteiger partial charge in [0.1, 0.15) is 0 Å². The van der Waals surface area contributed by atoms with Gasteiger partial charge in [0.15, 0.2) is 11.4 Å². The average Bonchev–Trinajstić information content (AvgIpc) is 2.95. The summed E-state index contributed by atoms with van der Waals surface area (Å²) in [5.41, 5.74) is 5.39. The lowest BCUT2D eigenvalue weighted by Crippen LogP contribution is -2.41. The molecule has 1 aliphatic rings. The van der Waals surface area contributed by atoms with Gasteiger partial charge in [-0.15, -0.1) is 0 Å². The van der Waals surface area contributed by atoms with E-state index < -0.39 is 11.5 Å². The molecular formula is C28H28ClNO3. The number of hydrogen-bond donors (Lipinski definition) is 1. The summed E-state index contributed by atoms with van der Waals surface area (Å²) < 4.78 is 0. The fraction of sp³-hybridized carbons (Fsp3) is 0.286. The van der Waals surface area contributed by atoms with Gasteiger partial charge in [-0.25, -0.2) is 0 Å². The Morgan fingerprint density at radius 1 is 0.939 bits per heavy atom.